The average Bonchev–Trinajstić information content (AvgIpc) is 3.43. The zero-order chi connectivity index (χ0) is 21.1. The Morgan fingerprint density at radius 3 is 2.80 bits per heavy atom. The lowest BCUT2D eigenvalue weighted by Crippen LogP contribution is -2.43. The number of ether oxygens (including phenoxy) is 1. The number of amides is 1. The maximum atomic E-state index is 12.9. The number of aromatic nitrogens is 2. The van der Waals surface area contributed by atoms with E-state index in [2.05, 4.69) is 10.1 Å². The van der Waals surface area contributed by atoms with Crippen molar-refractivity contribution in [3.63, 3.8) is 0 Å². The molecule has 1 fully saturated rings. The summed E-state index contributed by atoms with van der Waals surface area (Å²) in [6.07, 6.45) is 5.54. The van der Waals surface area contributed by atoms with Gasteiger partial charge in [-0.15, -0.1) is 11.3 Å². The van der Waals surface area contributed by atoms with Crippen molar-refractivity contribution < 1.29 is 18.8 Å². The third kappa shape index (κ3) is 4.09. The summed E-state index contributed by atoms with van der Waals surface area (Å²) in [5, 5.41) is 6.40. The van der Waals surface area contributed by atoms with Crippen LogP contribution in [0.4, 0.5) is 0 Å². The summed E-state index contributed by atoms with van der Waals surface area (Å²) in [6, 6.07) is 5.76. The predicted molar refractivity (Wildman–Crippen MR) is 114 cm³/mol. The topological polar surface area (TPSA) is 85.5 Å². The molecule has 0 bridgehead atoms. The highest BCUT2D eigenvalue weighted by Crippen LogP contribution is 2.30. The molecule has 0 N–H and O–H groups in total. The van der Waals surface area contributed by atoms with Gasteiger partial charge in [0.2, 0.25) is 0 Å². The summed E-state index contributed by atoms with van der Waals surface area (Å²) in [4.78, 5) is 32.9. The first kappa shape index (κ1) is 20.5. The second-order valence-electron chi connectivity index (χ2n) is 7.53. The van der Waals surface area contributed by atoms with Crippen LogP contribution < -0.4 is 0 Å². The van der Waals surface area contributed by atoms with Crippen LogP contribution in [-0.4, -0.2) is 46.1 Å². The highest BCUT2D eigenvalue weighted by atomic mass is 32.1. The third-order valence-corrected chi connectivity index (χ3v) is 6.51. The van der Waals surface area contributed by atoms with Crippen molar-refractivity contribution in [2.45, 2.75) is 52.0 Å². The van der Waals surface area contributed by atoms with Gasteiger partial charge >= 0.3 is 5.97 Å². The van der Waals surface area contributed by atoms with Crippen molar-refractivity contribution in [2.24, 2.45) is 0 Å². The van der Waals surface area contributed by atoms with Crippen LogP contribution in [0, 0.1) is 6.92 Å². The molecule has 1 aliphatic rings. The normalized spacial score (nSPS) is 14.7. The molecule has 0 saturated heterocycles. The molecule has 4 rings (SSSR count). The van der Waals surface area contributed by atoms with Crippen LogP contribution in [-0.2, 0) is 9.53 Å². The van der Waals surface area contributed by atoms with E-state index in [9.17, 15) is 9.59 Å². The van der Waals surface area contributed by atoms with Gasteiger partial charge in [0, 0.05) is 12.6 Å². The maximum absolute atomic E-state index is 12.9. The summed E-state index contributed by atoms with van der Waals surface area (Å²) in [6.45, 7) is 4.07. The molecule has 3 aromatic heterocycles. The first-order valence-electron chi connectivity index (χ1n) is 10.4. The van der Waals surface area contributed by atoms with Crippen LogP contribution in [0.2, 0.25) is 0 Å². The van der Waals surface area contributed by atoms with E-state index >= 15 is 0 Å². The Hall–Kier alpha value is -2.74. The van der Waals surface area contributed by atoms with Crippen LogP contribution >= 0.6 is 11.3 Å². The monoisotopic (exact) mass is 427 g/mol. The summed E-state index contributed by atoms with van der Waals surface area (Å²) >= 11 is 1.52. The molecular weight excluding hydrogens is 402 g/mol. The third-order valence-electron chi connectivity index (χ3n) is 5.61. The molecule has 3 aromatic rings. The Kier molecular flexibility index (Phi) is 6.13. The molecule has 1 saturated carbocycles. The SMILES string of the molecule is CCN(C(=O)COC(=O)c1cc(-c2cccs2)nc2onc(C)c12)C1CCCCC1. The largest absolute Gasteiger partial charge is 0.452 e. The van der Waals surface area contributed by atoms with Crippen molar-refractivity contribution in [1.82, 2.24) is 15.0 Å². The lowest BCUT2D eigenvalue weighted by molar-refractivity contribution is -0.137. The minimum Gasteiger partial charge on any atom is -0.452 e. The molecule has 8 heteroatoms. The fraction of sp³-hybridized carbons (Fsp3) is 0.455. The molecule has 0 unspecified atom stereocenters. The number of fused-ring (bicyclic) bond motifs is 1. The fourth-order valence-corrected chi connectivity index (χ4v) is 4.81. The predicted octanol–water partition coefficient (Wildman–Crippen LogP) is 4.60. The van der Waals surface area contributed by atoms with E-state index in [1.807, 2.05) is 29.3 Å². The molecule has 1 aliphatic carbocycles. The van der Waals surface area contributed by atoms with Gasteiger partial charge in [-0.3, -0.25) is 4.79 Å². The van der Waals surface area contributed by atoms with Gasteiger partial charge in [-0.05, 0) is 44.2 Å². The number of aryl methyl sites for hydroxylation is 1. The number of nitrogens with zero attached hydrogens (tertiary/aromatic N) is 3. The Balaban J connectivity index is 1.54. The number of hydrogen-bond donors (Lipinski definition) is 0. The summed E-state index contributed by atoms with van der Waals surface area (Å²) < 4.78 is 10.7. The van der Waals surface area contributed by atoms with E-state index < -0.39 is 5.97 Å². The highest BCUT2D eigenvalue weighted by Gasteiger charge is 2.26. The second-order valence-corrected chi connectivity index (χ2v) is 8.48. The zero-order valence-electron chi connectivity index (χ0n) is 17.2. The van der Waals surface area contributed by atoms with Crippen LogP contribution in [0.15, 0.2) is 28.1 Å². The molecule has 158 valence electrons. The van der Waals surface area contributed by atoms with Crippen molar-refractivity contribution in [2.75, 3.05) is 13.2 Å². The number of thiophene rings is 1. The Labute approximate surface area is 179 Å². The Morgan fingerprint density at radius 1 is 1.30 bits per heavy atom. The number of pyridine rings is 1. The van der Waals surface area contributed by atoms with Gasteiger partial charge in [-0.1, -0.05) is 30.5 Å². The maximum Gasteiger partial charge on any atom is 0.339 e. The quantitative estimate of drug-likeness (QED) is 0.535. The zero-order valence-corrected chi connectivity index (χ0v) is 18.0. The lowest BCUT2D eigenvalue weighted by Gasteiger charge is -2.33. The van der Waals surface area contributed by atoms with Gasteiger partial charge in [0.25, 0.3) is 11.6 Å². The van der Waals surface area contributed by atoms with E-state index in [0.29, 0.717) is 28.9 Å². The molecule has 0 aliphatic heterocycles. The molecule has 7 nitrogen and oxygen atoms in total. The molecule has 0 atom stereocenters. The molecule has 0 radical (unpaired) electrons. The number of esters is 1. The first-order chi connectivity index (χ1) is 14.6. The molecular formula is C22H25N3O4S. The van der Waals surface area contributed by atoms with Crippen LogP contribution in [0.3, 0.4) is 0 Å². The van der Waals surface area contributed by atoms with Crippen LogP contribution in [0.5, 0.6) is 0 Å². The standard InChI is InChI=1S/C22H25N3O4S/c1-3-25(15-8-5-4-6-9-15)19(26)13-28-22(27)16-12-17(18-10-7-11-30-18)23-21-20(16)14(2)24-29-21/h7,10-12,15H,3-6,8-9,13H2,1-2H3. The summed E-state index contributed by atoms with van der Waals surface area (Å²) in [5.74, 6) is -0.719. The molecule has 1 amide bonds. The van der Waals surface area contributed by atoms with Gasteiger partial charge in [0.05, 0.1) is 27.2 Å². The van der Waals surface area contributed by atoms with E-state index in [-0.39, 0.29) is 24.3 Å². The van der Waals surface area contributed by atoms with Gasteiger partial charge in [0.15, 0.2) is 6.61 Å². The van der Waals surface area contributed by atoms with Crippen molar-refractivity contribution in [3.8, 4) is 10.6 Å². The van der Waals surface area contributed by atoms with E-state index in [1.165, 1.54) is 17.8 Å². The number of rotatable bonds is 6. The number of likely N-dealkylation sites (N-methyl/N-ethyl adjacent to an activating group) is 1. The average molecular weight is 428 g/mol. The lowest BCUT2D eigenvalue weighted by atomic mass is 9.94. The van der Waals surface area contributed by atoms with Crippen LogP contribution in [0.25, 0.3) is 21.7 Å². The molecule has 30 heavy (non-hydrogen) atoms. The van der Waals surface area contributed by atoms with Gasteiger partial charge in [0.1, 0.15) is 0 Å². The second kappa shape index (κ2) is 8.95. The Bertz CT molecular complexity index is 1040. The summed E-state index contributed by atoms with van der Waals surface area (Å²) in [7, 11) is 0. The Morgan fingerprint density at radius 2 is 2.10 bits per heavy atom. The summed E-state index contributed by atoms with van der Waals surface area (Å²) in [5.41, 5.74) is 1.78. The van der Waals surface area contributed by atoms with Crippen molar-refractivity contribution in [1.29, 1.82) is 0 Å². The van der Waals surface area contributed by atoms with E-state index in [4.69, 9.17) is 9.26 Å². The minimum absolute atomic E-state index is 0.149. The minimum atomic E-state index is -0.570. The number of hydrogen-bond acceptors (Lipinski definition) is 7. The smallest absolute Gasteiger partial charge is 0.339 e. The number of carbonyl (C=O) groups is 2. The fourth-order valence-electron chi connectivity index (χ4n) is 4.13. The molecule has 0 aromatic carbocycles. The molecule has 0 spiro atoms. The van der Waals surface area contributed by atoms with Gasteiger partial charge in [-0.25, -0.2) is 9.78 Å². The van der Waals surface area contributed by atoms with Gasteiger partial charge in [-0.2, -0.15) is 0 Å². The highest BCUT2D eigenvalue weighted by molar-refractivity contribution is 7.13. The number of carbonyl (C=O) groups excluding carboxylic acids is 2. The van der Waals surface area contributed by atoms with E-state index in [0.717, 1.165) is 30.6 Å². The first-order valence-corrected chi connectivity index (χ1v) is 11.2. The van der Waals surface area contributed by atoms with Gasteiger partial charge < -0.3 is 14.2 Å². The van der Waals surface area contributed by atoms with Crippen molar-refractivity contribution >= 4 is 34.3 Å². The van der Waals surface area contributed by atoms with E-state index in [1.54, 1.807) is 13.0 Å². The van der Waals surface area contributed by atoms with Crippen molar-refractivity contribution in [3.05, 3.63) is 34.8 Å². The molecule has 3 heterocycles. The van der Waals surface area contributed by atoms with Crippen LogP contribution in [0.1, 0.15) is 55.1 Å².